The zero-order valence-corrected chi connectivity index (χ0v) is 20.3. The van der Waals surface area contributed by atoms with Crippen LogP contribution in [0.15, 0.2) is 45.6 Å². The molecular formula is C27H31FN2O5. The zero-order chi connectivity index (χ0) is 25.1. The predicted molar refractivity (Wildman–Crippen MR) is 132 cm³/mol. The molecule has 1 aromatic heterocycles. The third kappa shape index (κ3) is 5.65. The molecule has 0 spiro atoms. The first-order valence-corrected chi connectivity index (χ1v) is 11.9. The standard InChI is InChI=1S/C27H31FN2O5/c1-17(2)34-24(31)9-8-19-15-20-18(3)14-25(32)35-27(20)21(26(19)33)16-29-10-12-30(13-11-29)23-7-5-4-6-22(23)28/h4-7,14-15,17,33H,8-13,16H2,1-3H3. The summed E-state index contributed by atoms with van der Waals surface area (Å²) in [5, 5.41) is 11.9. The van der Waals surface area contributed by atoms with Gasteiger partial charge in [0.15, 0.2) is 0 Å². The number of ether oxygens (including phenoxy) is 1. The first-order valence-electron chi connectivity index (χ1n) is 11.9. The molecule has 1 fully saturated rings. The second-order valence-electron chi connectivity index (χ2n) is 9.24. The molecule has 7 nitrogen and oxygen atoms in total. The normalized spacial score (nSPS) is 14.6. The maximum absolute atomic E-state index is 14.2. The van der Waals surface area contributed by atoms with E-state index in [0.29, 0.717) is 61.5 Å². The van der Waals surface area contributed by atoms with Gasteiger partial charge in [0.2, 0.25) is 0 Å². The Hall–Kier alpha value is -3.39. The zero-order valence-electron chi connectivity index (χ0n) is 20.3. The van der Waals surface area contributed by atoms with Crippen LogP contribution in [0.3, 0.4) is 0 Å². The van der Waals surface area contributed by atoms with Gasteiger partial charge in [-0.3, -0.25) is 9.69 Å². The fraction of sp³-hybridized carbons (Fsp3) is 0.407. The minimum Gasteiger partial charge on any atom is -0.507 e. The van der Waals surface area contributed by atoms with E-state index >= 15 is 0 Å². The molecule has 0 bridgehead atoms. The highest BCUT2D eigenvalue weighted by atomic mass is 19.1. The van der Waals surface area contributed by atoms with E-state index in [2.05, 4.69) is 4.90 Å². The van der Waals surface area contributed by atoms with Gasteiger partial charge in [-0.05, 0) is 56.5 Å². The van der Waals surface area contributed by atoms with Crippen LogP contribution in [0.5, 0.6) is 5.75 Å². The first kappa shape index (κ1) is 24.7. The highest BCUT2D eigenvalue weighted by molar-refractivity contribution is 5.86. The lowest BCUT2D eigenvalue weighted by Gasteiger charge is -2.36. The third-order valence-corrected chi connectivity index (χ3v) is 6.30. The molecular weight excluding hydrogens is 451 g/mol. The number of carbonyl (C=O) groups excluding carboxylic acids is 1. The number of benzene rings is 2. The van der Waals surface area contributed by atoms with E-state index in [4.69, 9.17) is 9.15 Å². The van der Waals surface area contributed by atoms with Crippen LogP contribution in [0, 0.1) is 12.7 Å². The number of phenolic OH excluding ortho intramolecular Hbond substituents is 1. The number of hydrogen-bond donors (Lipinski definition) is 1. The van der Waals surface area contributed by atoms with Gasteiger partial charge in [-0.25, -0.2) is 9.18 Å². The number of para-hydroxylation sites is 1. The van der Waals surface area contributed by atoms with Gasteiger partial charge in [-0.2, -0.15) is 0 Å². The van der Waals surface area contributed by atoms with Gasteiger partial charge in [0, 0.05) is 50.6 Å². The van der Waals surface area contributed by atoms with E-state index in [9.17, 15) is 19.1 Å². The number of fused-ring (bicyclic) bond motifs is 1. The van der Waals surface area contributed by atoms with Crippen molar-refractivity contribution in [3.8, 4) is 5.75 Å². The van der Waals surface area contributed by atoms with Crippen molar-refractivity contribution in [3.63, 3.8) is 0 Å². The number of piperazine rings is 1. The van der Waals surface area contributed by atoms with E-state index in [-0.39, 0.29) is 30.1 Å². The molecule has 0 saturated carbocycles. The molecule has 0 radical (unpaired) electrons. The summed E-state index contributed by atoms with van der Waals surface area (Å²) in [5.74, 6) is -0.549. The summed E-state index contributed by atoms with van der Waals surface area (Å²) in [6, 6.07) is 9.93. The summed E-state index contributed by atoms with van der Waals surface area (Å²) in [6.45, 7) is 8.33. The molecule has 0 unspecified atom stereocenters. The molecule has 8 heteroatoms. The van der Waals surface area contributed by atoms with Gasteiger partial charge < -0.3 is 19.2 Å². The summed E-state index contributed by atoms with van der Waals surface area (Å²) < 4.78 is 25.0. The van der Waals surface area contributed by atoms with Crippen molar-refractivity contribution < 1.29 is 23.4 Å². The van der Waals surface area contributed by atoms with Crippen LogP contribution in [0.2, 0.25) is 0 Å². The fourth-order valence-corrected chi connectivity index (χ4v) is 4.54. The summed E-state index contributed by atoms with van der Waals surface area (Å²) in [6.07, 6.45) is 0.233. The maximum Gasteiger partial charge on any atom is 0.336 e. The van der Waals surface area contributed by atoms with E-state index in [1.807, 2.05) is 17.9 Å². The first-order chi connectivity index (χ1) is 16.7. The van der Waals surface area contributed by atoms with Gasteiger partial charge in [-0.15, -0.1) is 0 Å². The molecule has 2 heterocycles. The largest absolute Gasteiger partial charge is 0.507 e. The smallest absolute Gasteiger partial charge is 0.336 e. The maximum atomic E-state index is 14.2. The Balaban J connectivity index is 1.58. The number of rotatable bonds is 7. The van der Waals surface area contributed by atoms with Gasteiger partial charge in [-0.1, -0.05) is 12.1 Å². The number of nitrogens with zero attached hydrogens (tertiary/aromatic N) is 2. The Morgan fingerprint density at radius 1 is 1.17 bits per heavy atom. The molecule has 0 amide bonds. The monoisotopic (exact) mass is 482 g/mol. The Morgan fingerprint density at radius 2 is 1.89 bits per heavy atom. The van der Waals surface area contributed by atoms with E-state index in [0.717, 1.165) is 10.9 Å². The quantitative estimate of drug-likeness (QED) is 0.400. The molecule has 2 aromatic carbocycles. The summed E-state index contributed by atoms with van der Waals surface area (Å²) in [5.41, 5.74) is 2.33. The van der Waals surface area contributed by atoms with Crippen LogP contribution in [0.25, 0.3) is 11.0 Å². The molecule has 0 atom stereocenters. The summed E-state index contributed by atoms with van der Waals surface area (Å²) in [4.78, 5) is 28.4. The van der Waals surface area contributed by atoms with Crippen molar-refractivity contribution in [2.24, 2.45) is 0 Å². The molecule has 1 aliphatic rings. The number of hydrogen-bond acceptors (Lipinski definition) is 7. The minimum absolute atomic E-state index is 0.0279. The molecule has 4 rings (SSSR count). The number of aryl methyl sites for hydroxylation is 2. The van der Waals surface area contributed by atoms with Crippen LogP contribution < -0.4 is 10.5 Å². The fourth-order valence-electron chi connectivity index (χ4n) is 4.54. The second-order valence-corrected chi connectivity index (χ2v) is 9.24. The van der Waals surface area contributed by atoms with E-state index in [1.54, 1.807) is 32.0 Å². The molecule has 186 valence electrons. The Labute approximate surface area is 203 Å². The average Bonchev–Trinajstić information content (AvgIpc) is 2.80. The molecule has 1 N–H and O–H groups in total. The lowest BCUT2D eigenvalue weighted by molar-refractivity contribution is -0.147. The van der Waals surface area contributed by atoms with E-state index < -0.39 is 5.63 Å². The summed E-state index contributed by atoms with van der Waals surface area (Å²) in [7, 11) is 0. The molecule has 1 saturated heterocycles. The Kier molecular flexibility index (Phi) is 7.40. The van der Waals surface area contributed by atoms with Crippen molar-refractivity contribution in [2.75, 3.05) is 31.1 Å². The lowest BCUT2D eigenvalue weighted by atomic mass is 9.98. The Bertz CT molecular complexity index is 1280. The highest BCUT2D eigenvalue weighted by Gasteiger charge is 2.24. The molecule has 3 aromatic rings. The van der Waals surface area contributed by atoms with Crippen LogP contribution in [-0.4, -0.2) is 48.3 Å². The van der Waals surface area contributed by atoms with Crippen LogP contribution in [0.4, 0.5) is 10.1 Å². The predicted octanol–water partition coefficient (Wildman–Crippen LogP) is 4.15. The Morgan fingerprint density at radius 3 is 2.57 bits per heavy atom. The van der Waals surface area contributed by atoms with Crippen molar-refractivity contribution in [1.29, 1.82) is 0 Å². The molecule has 35 heavy (non-hydrogen) atoms. The second kappa shape index (κ2) is 10.5. The van der Waals surface area contributed by atoms with Gasteiger partial charge >= 0.3 is 11.6 Å². The van der Waals surface area contributed by atoms with E-state index in [1.165, 1.54) is 12.1 Å². The number of halogens is 1. The topological polar surface area (TPSA) is 83.2 Å². The van der Waals surface area contributed by atoms with Crippen LogP contribution in [0.1, 0.15) is 37.0 Å². The van der Waals surface area contributed by atoms with Crippen molar-refractivity contribution in [3.05, 3.63) is 69.3 Å². The van der Waals surface area contributed by atoms with Gasteiger partial charge in [0.1, 0.15) is 17.1 Å². The van der Waals surface area contributed by atoms with Crippen molar-refractivity contribution >= 4 is 22.6 Å². The lowest BCUT2D eigenvalue weighted by Crippen LogP contribution is -2.46. The number of phenols is 1. The van der Waals surface area contributed by atoms with Gasteiger partial charge in [0.25, 0.3) is 0 Å². The molecule has 1 aliphatic heterocycles. The van der Waals surface area contributed by atoms with Gasteiger partial charge in [0.05, 0.1) is 17.4 Å². The summed E-state index contributed by atoms with van der Waals surface area (Å²) >= 11 is 0. The van der Waals surface area contributed by atoms with Crippen LogP contribution >= 0.6 is 0 Å². The number of anilines is 1. The highest BCUT2D eigenvalue weighted by Crippen LogP contribution is 2.34. The molecule has 0 aliphatic carbocycles. The number of aromatic hydroxyl groups is 1. The SMILES string of the molecule is Cc1cc(=O)oc2c(CN3CCN(c4ccccc4F)CC3)c(O)c(CCC(=O)OC(C)C)cc12. The van der Waals surface area contributed by atoms with Crippen molar-refractivity contribution in [2.45, 2.75) is 46.3 Å². The third-order valence-electron chi connectivity index (χ3n) is 6.30. The van der Waals surface area contributed by atoms with Crippen LogP contribution in [-0.2, 0) is 22.5 Å². The number of carbonyl (C=O) groups is 1. The average molecular weight is 483 g/mol. The van der Waals surface area contributed by atoms with Crippen molar-refractivity contribution in [1.82, 2.24) is 4.90 Å². The minimum atomic E-state index is -0.478. The number of esters is 1.